The summed E-state index contributed by atoms with van der Waals surface area (Å²) in [6.45, 7) is 5.89. The van der Waals surface area contributed by atoms with E-state index in [2.05, 4.69) is 13.0 Å². The van der Waals surface area contributed by atoms with Crippen molar-refractivity contribution in [3.63, 3.8) is 0 Å². The number of rotatable bonds is 3. The highest BCUT2D eigenvalue weighted by Gasteiger charge is 2.06. The molecule has 0 saturated carbocycles. The standard InChI is InChI=1S/C12H18O2/c1-8-5-11(6-9(2)13)7-12(14-4)10(8)3/h5,7,9,13H,6H2,1-4H3. The second kappa shape index (κ2) is 4.47. The first-order valence-electron chi connectivity index (χ1n) is 4.86. The van der Waals surface area contributed by atoms with Gasteiger partial charge in [0.05, 0.1) is 13.2 Å². The number of aliphatic hydroxyl groups excluding tert-OH is 1. The van der Waals surface area contributed by atoms with Crippen LogP contribution in [0.5, 0.6) is 5.75 Å². The molecule has 0 aliphatic heterocycles. The molecule has 0 amide bonds. The normalized spacial score (nSPS) is 12.6. The molecule has 0 spiro atoms. The fraction of sp³-hybridized carbons (Fsp3) is 0.500. The molecule has 78 valence electrons. The maximum atomic E-state index is 9.29. The summed E-state index contributed by atoms with van der Waals surface area (Å²) in [6, 6.07) is 4.10. The van der Waals surface area contributed by atoms with Gasteiger partial charge in [-0.3, -0.25) is 0 Å². The van der Waals surface area contributed by atoms with Gasteiger partial charge in [-0.1, -0.05) is 6.07 Å². The number of hydrogen-bond acceptors (Lipinski definition) is 2. The first kappa shape index (κ1) is 11.1. The average molecular weight is 194 g/mol. The Labute approximate surface area is 85.5 Å². The zero-order valence-electron chi connectivity index (χ0n) is 9.29. The first-order chi connectivity index (χ1) is 6.54. The van der Waals surface area contributed by atoms with Gasteiger partial charge in [0.25, 0.3) is 0 Å². The SMILES string of the molecule is COc1cc(CC(C)O)cc(C)c1C. The van der Waals surface area contributed by atoms with Crippen LogP contribution in [0.4, 0.5) is 0 Å². The van der Waals surface area contributed by atoms with Crippen molar-refractivity contribution in [3.05, 3.63) is 28.8 Å². The van der Waals surface area contributed by atoms with Crippen LogP contribution in [0.25, 0.3) is 0 Å². The van der Waals surface area contributed by atoms with E-state index >= 15 is 0 Å². The van der Waals surface area contributed by atoms with E-state index in [4.69, 9.17) is 4.74 Å². The molecular weight excluding hydrogens is 176 g/mol. The highest BCUT2D eigenvalue weighted by Crippen LogP contribution is 2.23. The van der Waals surface area contributed by atoms with E-state index in [1.165, 1.54) is 11.1 Å². The van der Waals surface area contributed by atoms with Gasteiger partial charge in [0.2, 0.25) is 0 Å². The molecule has 2 nitrogen and oxygen atoms in total. The van der Waals surface area contributed by atoms with Gasteiger partial charge in [0.1, 0.15) is 5.75 Å². The van der Waals surface area contributed by atoms with Crippen molar-refractivity contribution in [2.24, 2.45) is 0 Å². The van der Waals surface area contributed by atoms with Crippen LogP contribution in [0.15, 0.2) is 12.1 Å². The molecule has 14 heavy (non-hydrogen) atoms. The van der Waals surface area contributed by atoms with Crippen LogP contribution in [0.2, 0.25) is 0 Å². The molecule has 1 rings (SSSR count). The summed E-state index contributed by atoms with van der Waals surface area (Å²) in [6.07, 6.45) is 0.374. The van der Waals surface area contributed by atoms with Crippen LogP contribution >= 0.6 is 0 Å². The molecule has 1 N–H and O–H groups in total. The van der Waals surface area contributed by atoms with Crippen molar-refractivity contribution in [1.29, 1.82) is 0 Å². The molecule has 0 saturated heterocycles. The Morgan fingerprint density at radius 3 is 2.50 bits per heavy atom. The minimum Gasteiger partial charge on any atom is -0.496 e. The molecule has 1 aromatic carbocycles. The largest absolute Gasteiger partial charge is 0.496 e. The number of aryl methyl sites for hydroxylation is 1. The molecule has 0 aliphatic carbocycles. The summed E-state index contributed by atoms with van der Waals surface area (Å²) in [5.74, 6) is 0.903. The van der Waals surface area contributed by atoms with Crippen molar-refractivity contribution < 1.29 is 9.84 Å². The lowest BCUT2D eigenvalue weighted by atomic mass is 10.0. The topological polar surface area (TPSA) is 29.5 Å². The van der Waals surface area contributed by atoms with Crippen molar-refractivity contribution in [1.82, 2.24) is 0 Å². The molecule has 0 bridgehead atoms. The molecular formula is C12H18O2. The molecule has 0 heterocycles. The van der Waals surface area contributed by atoms with E-state index in [-0.39, 0.29) is 6.10 Å². The van der Waals surface area contributed by atoms with Gasteiger partial charge in [-0.05, 0) is 49.9 Å². The summed E-state index contributed by atoms with van der Waals surface area (Å²) in [5, 5.41) is 9.29. The molecule has 0 aromatic heterocycles. The van der Waals surface area contributed by atoms with E-state index in [1.807, 2.05) is 13.0 Å². The predicted molar refractivity (Wildman–Crippen MR) is 57.9 cm³/mol. The number of hydrogen-bond donors (Lipinski definition) is 1. The van der Waals surface area contributed by atoms with Gasteiger partial charge >= 0.3 is 0 Å². The maximum absolute atomic E-state index is 9.29. The van der Waals surface area contributed by atoms with Crippen molar-refractivity contribution in [3.8, 4) is 5.75 Å². The lowest BCUT2D eigenvalue weighted by molar-refractivity contribution is 0.195. The molecule has 2 heteroatoms. The Bertz CT molecular complexity index is 316. The Morgan fingerprint density at radius 1 is 1.36 bits per heavy atom. The van der Waals surface area contributed by atoms with E-state index < -0.39 is 0 Å². The number of benzene rings is 1. The fourth-order valence-electron chi connectivity index (χ4n) is 1.57. The fourth-order valence-corrected chi connectivity index (χ4v) is 1.57. The van der Waals surface area contributed by atoms with Crippen LogP contribution in [-0.4, -0.2) is 18.3 Å². The summed E-state index contributed by atoms with van der Waals surface area (Å²) in [5.41, 5.74) is 3.50. The molecule has 0 fully saturated rings. The van der Waals surface area contributed by atoms with Gasteiger partial charge in [0, 0.05) is 0 Å². The van der Waals surface area contributed by atoms with Crippen LogP contribution in [0, 0.1) is 13.8 Å². The molecule has 1 atom stereocenters. The van der Waals surface area contributed by atoms with Crippen LogP contribution in [0.3, 0.4) is 0 Å². The summed E-state index contributed by atoms with van der Waals surface area (Å²) >= 11 is 0. The summed E-state index contributed by atoms with van der Waals surface area (Å²) < 4.78 is 5.27. The van der Waals surface area contributed by atoms with Gasteiger partial charge < -0.3 is 9.84 Å². The Kier molecular flexibility index (Phi) is 3.53. The lowest BCUT2D eigenvalue weighted by Gasteiger charge is -2.11. The quantitative estimate of drug-likeness (QED) is 0.799. The number of ether oxygens (including phenoxy) is 1. The number of aliphatic hydroxyl groups is 1. The van der Waals surface area contributed by atoms with Gasteiger partial charge in [-0.2, -0.15) is 0 Å². The van der Waals surface area contributed by atoms with E-state index in [0.717, 1.165) is 11.3 Å². The zero-order valence-corrected chi connectivity index (χ0v) is 9.29. The van der Waals surface area contributed by atoms with Crippen LogP contribution < -0.4 is 4.74 Å². The maximum Gasteiger partial charge on any atom is 0.122 e. The van der Waals surface area contributed by atoms with Crippen molar-refractivity contribution in [2.75, 3.05) is 7.11 Å². The Hall–Kier alpha value is -1.02. The van der Waals surface area contributed by atoms with E-state index in [0.29, 0.717) is 6.42 Å². The van der Waals surface area contributed by atoms with Gasteiger partial charge in [-0.15, -0.1) is 0 Å². The zero-order chi connectivity index (χ0) is 10.7. The molecule has 0 radical (unpaired) electrons. The Morgan fingerprint density at radius 2 is 2.00 bits per heavy atom. The van der Waals surface area contributed by atoms with Crippen LogP contribution in [-0.2, 0) is 6.42 Å². The van der Waals surface area contributed by atoms with Gasteiger partial charge in [0.15, 0.2) is 0 Å². The number of methoxy groups -OCH3 is 1. The average Bonchev–Trinajstić information content (AvgIpc) is 2.10. The van der Waals surface area contributed by atoms with Crippen molar-refractivity contribution in [2.45, 2.75) is 33.3 Å². The predicted octanol–water partition coefficient (Wildman–Crippen LogP) is 2.24. The first-order valence-corrected chi connectivity index (χ1v) is 4.86. The molecule has 1 aromatic rings. The summed E-state index contributed by atoms with van der Waals surface area (Å²) in [4.78, 5) is 0. The lowest BCUT2D eigenvalue weighted by Crippen LogP contribution is -2.05. The third kappa shape index (κ3) is 2.48. The molecule has 0 aliphatic rings. The summed E-state index contributed by atoms with van der Waals surface area (Å²) in [7, 11) is 1.67. The highest BCUT2D eigenvalue weighted by atomic mass is 16.5. The third-order valence-corrected chi connectivity index (χ3v) is 2.43. The van der Waals surface area contributed by atoms with Crippen molar-refractivity contribution >= 4 is 0 Å². The minimum atomic E-state index is -0.304. The van der Waals surface area contributed by atoms with E-state index in [9.17, 15) is 5.11 Å². The van der Waals surface area contributed by atoms with Crippen LogP contribution in [0.1, 0.15) is 23.6 Å². The van der Waals surface area contributed by atoms with E-state index in [1.54, 1.807) is 14.0 Å². The second-order valence-electron chi connectivity index (χ2n) is 3.79. The monoisotopic (exact) mass is 194 g/mol. The third-order valence-electron chi connectivity index (χ3n) is 2.43. The van der Waals surface area contributed by atoms with Gasteiger partial charge in [-0.25, -0.2) is 0 Å². The smallest absolute Gasteiger partial charge is 0.122 e. The molecule has 1 unspecified atom stereocenters. The minimum absolute atomic E-state index is 0.304. The Balaban J connectivity index is 3.03. The highest BCUT2D eigenvalue weighted by molar-refractivity contribution is 5.42. The second-order valence-corrected chi connectivity index (χ2v) is 3.79.